The van der Waals surface area contributed by atoms with E-state index in [1.807, 2.05) is 30.3 Å². The minimum atomic E-state index is -0.696. The van der Waals surface area contributed by atoms with Gasteiger partial charge in [0.05, 0.1) is 12.6 Å². The van der Waals surface area contributed by atoms with Gasteiger partial charge in [0.15, 0.2) is 0 Å². The zero-order valence-corrected chi connectivity index (χ0v) is 18.3. The van der Waals surface area contributed by atoms with Crippen molar-refractivity contribution in [3.05, 3.63) is 71.0 Å². The Hall–Kier alpha value is -3.06. The highest BCUT2D eigenvalue weighted by atomic mass is 19.1. The van der Waals surface area contributed by atoms with Gasteiger partial charge in [0.1, 0.15) is 18.5 Å². The lowest BCUT2D eigenvalue weighted by molar-refractivity contribution is -0.130. The number of aryl methyl sites for hydroxylation is 1. The van der Waals surface area contributed by atoms with Crippen molar-refractivity contribution in [2.45, 2.75) is 51.3 Å². The zero-order valence-electron chi connectivity index (χ0n) is 18.3. The van der Waals surface area contributed by atoms with E-state index in [1.54, 1.807) is 19.1 Å². The van der Waals surface area contributed by atoms with Gasteiger partial charge < -0.3 is 9.47 Å². The lowest BCUT2D eigenvalue weighted by Crippen LogP contribution is -2.45. The second-order valence-corrected chi connectivity index (χ2v) is 7.96. The van der Waals surface area contributed by atoms with E-state index in [4.69, 9.17) is 9.47 Å². The predicted octanol–water partition coefficient (Wildman–Crippen LogP) is 4.48. The Bertz CT molecular complexity index is 935. The maximum Gasteiger partial charge on any atom is 0.417 e. The number of halogens is 1. The van der Waals surface area contributed by atoms with Gasteiger partial charge in [-0.25, -0.2) is 14.1 Å². The molecule has 1 heterocycles. The number of imide groups is 1. The molecule has 0 radical (unpaired) electrons. The number of hydrogen-bond donors (Lipinski definition) is 0. The fraction of sp³-hybridized carbons (Fsp3) is 0.400. The Morgan fingerprint density at radius 3 is 2.75 bits per heavy atom. The Kier molecular flexibility index (Phi) is 8.50. The summed E-state index contributed by atoms with van der Waals surface area (Å²) in [5.74, 6) is -0.597. The Balaban J connectivity index is 1.44. The van der Waals surface area contributed by atoms with E-state index in [9.17, 15) is 14.0 Å². The van der Waals surface area contributed by atoms with E-state index in [-0.39, 0.29) is 24.4 Å². The van der Waals surface area contributed by atoms with Crippen LogP contribution in [0.3, 0.4) is 0 Å². The number of benzene rings is 2. The Morgan fingerprint density at radius 2 is 2.03 bits per heavy atom. The maximum absolute atomic E-state index is 13.3. The summed E-state index contributed by atoms with van der Waals surface area (Å²) in [4.78, 5) is 30.4. The van der Waals surface area contributed by atoms with Crippen molar-refractivity contribution in [1.29, 1.82) is 0 Å². The molecule has 170 valence electrons. The molecule has 32 heavy (non-hydrogen) atoms. The van der Waals surface area contributed by atoms with Crippen LogP contribution in [0.15, 0.2) is 53.5 Å². The summed E-state index contributed by atoms with van der Waals surface area (Å²) in [6.45, 7) is 6.37. The first kappa shape index (κ1) is 23.6. The molecule has 0 unspecified atom stereocenters. The molecule has 0 saturated carbocycles. The van der Waals surface area contributed by atoms with Crippen LogP contribution in [0, 0.1) is 12.7 Å². The number of amides is 2. The number of hydrogen-bond acceptors (Lipinski definition) is 5. The molecular weight excluding hydrogens is 411 g/mol. The summed E-state index contributed by atoms with van der Waals surface area (Å²) >= 11 is 0. The molecule has 7 heteroatoms. The van der Waals surface area contributed by atoms with Gasteiger partial charge in [0.2, 0.25) is 0 Å². The SMILES string of the molecule is C=N[C@H](CCCCOCc1ccc(F)c(C)c1)C(=O)N1C(=O)OC[C@H]1Cc1ccccc1. The normalized spacial score (nSPS) is 16.6. The Labute approximate surface area is 188 Å². The van der Waals surface area contributed by atoms with Crippen LogP contribution in [0.25, 0.3) is 0 Å². The van der Waals surface area contributed by atoms with Gasteiger partial charge in [-0.1, -0.05) is 42.5 Å². The first-order valence-corrected chi connectivity index (χ1v) is 10.8. The molecule has 1 fully saturated rings. The molecule has 2 amide bonds. The monoisotopic (exact) mass is 440 g/mol. The van der Waals surface area contributed by atoms with Crippen molar-refractivity contribution in [2.75, 3.05) is 13.2 Å². The second-order valence-electron chi connectivity index (χ2n) is 7.96. The third-order valence-electron chi connectivity index (χ3n) is 5.53. The fourth-order valence-electron chi connectivity index (χ4n) is 3.75. The van der Waals surface area contributed by atoms with Gasteiger partial charge in [0.25, 0.3) is 5.91 Å². The average Bonchev–Trinajstić information content (AvgIpc) is 3.15. The molecule has 2 aromatic carbocycles. The molecule has 0 N–H and O–H groups in total. The summed E-state index contributed by atoms with van der Waals surface area (Å²) in [5.41, 5.74) is 2.54. The highest BCUT2D eigenvalue weighted by molar-refractivity contribution is 5.96. The first-order valence-electron chi connectivity index (χ1n) is 10.8. The lowest BCUT2D eigenvalue weighted by Gasteiger charge is -2.23. The van der Waals surface area contributed by atoms with Crippen LogP contribution in [0.5, 0.6) is 0 Å². The third kappa shape index (κ3) is 6.23. The number of carbonyl (C=O) groups excluding carboxylic acids is 2. The Morgan fingerprint density at radius 1 is 1.25 bits per heavy atom. The van der Waals surface area contributed by atoms with Gasteiger partial charge in [-0.15, -0.1) is 0 Å². The summed E-state index contributed by atoms with van der Waals surface area (Å²) in [5, 5.41) is 0. The first-order chi connectivity index (χ1) is 15.5. The summed E-state index contributed by atoms with van der Waals surface area (Å²) in [6.07, 6.45) is 1.83. The minimum Gasteiger partial charge on any atom is -0.447 e. The van der Waals surface area contributed by atoms with Crippen molar-refractivity contribution in [3.63, 3.8) is 0 Å². The zero-order chi connectivity index (χ0) is 22.9. The smallest absolute Gasteiger partial charge is 0.417 e. The van der Waals surface area contributed by atoms with Crippen LogP contribution >= 0.6 is 0 Å². The topological polar surface area (TPSA) is 68.2 Å². The van der Waals surface area contributed by atoms with Crippen molar-refractivity contribution >= 4 is 18.7 Å². The molecule has 0 aliphatic carbocycles. The second kappa shape index (κ2) is 11.5. The number of rotatable bonds is 11. The molecule has 0 spiro atoms. The van der Waals surface area contributed by atoms with Crippen LogP contribution in [-0.2, 0) is 27.3 Å². The molecule has 3 rings (SSSR count). The number of nitrogens with zero attached hydrogens (tertiary/aromatic N) is 2. The van der Waals surface area contributed by atoms with E-state index in [0.717, 1.165) is 17.5 Å². The average molecular weight is 441 g/mol. The quantitative estimate of drug-likeness (QED) is 0.382. The number of aliphatic imine (C=N–C) groups is 1. The van der Waals surface area contributed by atoms with Crippen molar-refractivity contribution in [2.24, 2.45) is 4.99 Å². The largest absolute Gasteiger partial charge is 0.447 e. The van der Waals surface area contributed by atoms with E-state index in [2.05, 4.69) is 11.7 Å². The highest BCUT2D eigenvalue weighted by Gasteiger charge is 2.40. The standard InChI is InChI=1S/C25H29FN2O4/c1-18-14-20(11-12-22(18)26)16-31-13-7-6-10-23(27-2)24(29)28-21(17-32-25(28)30)15-19-8-4-3-5-9-19/h3-5,8-9,11-12,14,21,23H,2,6-7,10,13,15-17H2,1H3/t21-,23-/m1/s1. The van der Waals surface area contributed by atoms with Crippen molar-refractivity contribution in [3.8, 4) is 0 Å². The van der Waals surface area contributed by atoms with Gasteiger partial charge in [-0.2, -0.15) is 0 Å². The summed E-state index contributed by atoms with van der Waals surface area (Å²) < 4.78 is 24.1. The maximum atomic E-state index is 13.3. The van der Waals surface area contributed by atoms with E-state index in [0.29, 0.717) is 38.0 Å². The molecule has 6 nitrogen and oxygen atoms in total. The van der Waals surface area contributed by atoms with Gasteiger partial charge in [0, 0.05) is 6.61 Å². The number of carbonyl (C=O) groups is 2. The molecule has 0 aromatic heterocycles. The van der Waals surface area contributed by atoms with Crippen LogP contribution in [0.4, 0.5) is 9.18 Å². The number of unbranched alkanes of at least 4 members (excludes halogenated alkanes) is 1. The van der Waals surface area contributed by atoms with E-state index < -0.39 is 12.1 Å². The molecule has 0 bridgehead atoms. The number of ether oxygens (including phenoxy) is 2. The molecular formula is C25H29FN2O4. The number of cyclic esters (lactones) is 1. The van der Waals surface area contributed by atoms with Crippen LogP contribution < -0.4 is 0 Å². The van der Waals surface area contributed by atoms with Crippen LogP contribution in [0.1, 0.15) is 36.0 Å². The fourth-order valence-corrected chi connectivity index (χ4v) is 3.75. The third-order valence-corrected chi connectivity index (χ3v) is 5.53. The van der Waals surface area contributed by atoms with Crippen molar-refractivity contribution < 1.29 is 23.5 Å². The summed E-state index contributed by atoms with van der Waals surface area (Å²) in [7, 11) is 0. The molecule has 1 aliphatic rings. The van der Waals surface area contributed by atoms with Crippen molar-refractivity contribution in [1.82, 2.24) is 4.90 Å². The van der Waals surface area contributed by atoms with E-state index in [1.165, 1.54) is 11.0 Å². The van der Waals surface area contributed by atoms with E-state index >= 15 is 0 Å². The lowest BCUT2D eigenvalue weighted by atomic mass is 10.0. The molecule has 2 aromatic rings. The van der Waals surface area contributed by atoms with Gasteiger partial charge in [-0.05, 0) is 62.1 Å². The van der Waals surface area contributed by atoms with Gasteiger partial charge >= 0.3 is 6.09 Å². The van der Waals surface area contributed by atoms with Gasteiger partial charge in [-0.3, -0.25) is 9.79 Å². The molecule has 1 saturated heterocycles. The molecule has 1 aliphatic heterocycles. The molecule has 2 atom stereocenters. The predicted molar refractivity (Wildman–Crippen MR) is 120 cm³/mol. The minimum absolute atomic E-state index is 0.181. The summed E-state index contributed by atoms with van der Waals surface area (Å²) in [6, 6.07) is 13.6. The highest BCUT2D eigenvalue weighted by Crippen LogP contribution is 2.21. The van der Waals surface area contributed by atoms with Crippen LogP contribution in [-0.4, -0.2) is 48.9 Å². The van der Waals surface area contributed by atoms with Crippen LogP contribution in [0.2, 0.25) is 0 Å².